The van der Waals surface area contributed by atoms with Gasteiger partial charge in [-0.3, -0.25) is 0 Å². The number of rotatable bonds is 6. The van der Waals surface area contributed by atoms with E-state index in [0.717, 1.165) is 10.4 Å². The zero-order chi connectivity index (χ0) is 16.8. The Morgan fingerprint density at radius 2 is 1.00 bits per heavy atom. The van der Waals surface area contributed by atoms with E-state index in [9.17, 15) is 5.11 Å². The summed E-state index contributed by atoms with van der Waals surface area (Å²) in [5, 5.41) is 9.99. The second-order valence-corrected chi connectivity index (χ2v) is 22.1. The normalized spacial score (nSPS) is 12.8. The van der Waals surface area contributed by atoms with Crippen molar-refractivity contribution in [3.63, 3.8) is 0 Å². The summed E-state index contributed by atoms with van der Waals surface area (Å²) in [4.78, 5) is 0. The third-order valence-corrected chi connectivity index (χ3v) is 24.2. The van der Waals surface area contributed by atoms with Gasteiger partial charge in [-0.05, 0) is 0 Å². The van der Waals surface area contributed by atoms with Crippen LogP contribution < -0.4 is 9.37 Å². The molecule has 3 aromatic carbocycles. The molecule has 0 bridgehead atoms. The van der Waals surface area contributed by atoms with Crippen LogP contribution in [-0.2, 0) is 0 Å². The Hall–Kier alpha value is -1.46. The standard InChI is InChI=1S/3C6H5.C4H9O.Pb/c3*1-2-4-6-5-3-1;1-3-4(2)5;/h3*1-5H;4-5H,1,3H2,2H3;. The molecule has 0 heterocycles. The monoisotopic (exact) mass is 512 g/mol. The molecule has 3 aromatic rings. The second-order valence-electron chi connectivity index (χ2n) is 6.39. The fourth-order valence-electron chi connectivity index (χ4n) is 3.53. The molecule has 0 saturated heterocycles. The van der Waals surface area contributed by atoms with Crippen LogP contribution in [0.5, 0.6) is 0 Å². The average molecular weight is 512 g/mol. The molecule has 0 spiro atoms. The Morgan fingerprint density at radius 3 is 1.29 bits per heavy atom. The molecule has 24 heavy (non-hydrogen) atoms. The van der Waals surface area contributed by atoms with E-state index < -0.39 is 21.2 Å². The summed E-state index contributed by atoms with van der Waals surface area (Å²) in [6.07, 6.45) is 0.584. The topological polar surface area (TPSA) is 20.2 Å². The van der Waals surface area contributed by atoms with Crippen molar-refractivity contribution in [1.82, 2.24) is 0 Å². The molecule has 0 fully saturated rings. The molecule has 1 N–H and O–H groups in total. The number of aliphatic hydroxyl groups excluding tert-OH is 1. The molecule has 2 heteroatoms. The first kappa shape index (κ1) is 17.4. The first-order chi connectivity index (χ1) is 11.7. The molecule has 0 aliphatic rings. The average Bonchev–Trinajstić information content (AvgIpc) is 2.65. The van der Waals surface area contributed by atoms with Gasteiger partial charge in [-0.1, -0.05) is 0 Å². The molecule has 0 radical (unpaired) electrons. The third-order valence-electron chi connectivity index (χ3n) is 4.74. The summed E-state index contributed by atoms with van der Waals surface area (Å²) < 4.78 is 5.55. The van der Waals surface area contributed by atoms with Crippen molar-refractivity contribution in [2.45, 2.75) is 23.4 Å². The number of hydrogen-bond acceptors (Lipinski definition) is 1. The summed E-state index contributed by atoms with van der Waals surface area (Å²) in [6.45, 7) is 1.90. The van der Waals surface area contributed by atoms with Gasteiger partial charge in [-0.2, -0.15) is 0 Å². The molecule has 0 amide bonds. The molecule has 0 aliphatic heterocycles. The summed E-state index contributed by atoms with van der Waals surface area (Å²) in [5.41, 5.74) is 0. The van der Waals surface area contributed by atoms with Gasteiger partial charge in [0.15, 0.2) is 0 Å². The molecule has 3 rings (SSSR count). The van der Waals surface area contributed by atoms with E-state index in [1.165, 1.54) is 9.37 Å². The van der Waals surface area contributed by atoms with Crippen molar-refractivity contribution < 1.29 is 5.11 Å². The Balaban J connectivity index is 2.24. The van der Waals surface area contributed by atoms with Gasteiger partial charge >= 0.3 is 150 Å². The van der Waals surface area contributed by atoms with Crippen molar-refractivity contribution in [3.8, 4) is 0 Å². The molecule has 0 aliphatic carbocycles. The van der Waals surface area contributed by atoms with Crippen LogP contribution in [-0.4, -0.2) is 32.4 Å². The summed E-state index contributed by atoms with van der Waals surface area (Å²) in [5.74, 6) is 0. The zero-order valence-electron chi connectivity index (χ0n) is 14.1. The molecule has 1 unspecified atom stereocenters. The van der Waals surface area contributed by atoms with Gasteiger partial charge < -0.3 is 0 Å². The van der Waals surface area contributed by atoms with Crippen molar-refractivity contribution in [2.24, 2.45) is 0 Å². The number of benzene rings is 3. The molecule has 122 valence electrons. The van der Waals surface area contributed by atoms with Crippen LogP contribution in [0, 0.1) is 0 Å². The van der Waals surface area contributed by atoms with Crippen molar-refractivity contribution in [3.05, 3.63) is 91.0 Å². The van der Waals surface area contributed by atoms with Crippen LogP contribution in [0.25, 0.3) is 0 Å². The predicted molar refractivity (Wildman–Crippen MR) is 105 cm³/mol. The Labute approximate surface area is 149 Å². The predicted octanol–water partition coefficient (Wildman–Crippen LogP) is 2.93. The van der Waals surface area contributed by atoms with E-state index in [1.807, 2.05) is 6.92 Å². The second kappa shape index (κ2) is 8.08. The minimum absolute atomic E-state index is 0.263. The van der Waals surface area contributed by atoms with Crippen LogP contribution in [0.3, 0.4) is 0 Å². The number of aliphatic hydroxyl groups is 1. The van der Waals surface area contributed by atoms with Gasteiger partial charge in [-0.15, -0.1) is 0 Å². The van der Waals surface area contributed by atoms with Gasteiger partial charge in [-0.25, -0.2) is 0 Å². The molecule has 1 nitrogen and oxygen atoms in total. The van der Waals surface area contributed by atoms with Crippen molar-refractivity contribution in [2.75, 3.05) is 0 Å². The Kier molecular flexibility index (Phi) is 5.85. The fraction of sp³-hybridized carbons (Fsp3) is 0.182. The fourth-order valence-corrected chi connectivity index (χ4v) is 23.0. The molecular formula is C22H24OPb. The molecule has 0 saturated carbocycles. The summed E-state index contributed by atoms with van der Waals surface area (Å²) in [7, 11) is 0. The number of hydrogen-bond donors (Lipinski definition) is 1. The SMILES string of the molecule is CC(O)C[CH2][Pb]([c]1ccccc1)([c]1ccccc1)[c]1ccccc1. The summed E-state index contributed by atoms with van der Waals surface area (Å²) in [6, 6.07) is 32.9. The van der Waals surface area contributed by atoms with E-state index >= 15 is 0 Å². The van der Waals surface area contributed by atoms with E-state index in [1.54, 1.807) is 0 Å². The van der Waals surface area contributed by atoms with Gasteiger partial charge in [0.25, 0.3) is 0 Å². The molecular weight excluding hydrogens is 487 g/mol. The van der Waals surface area contributed by atoms with Gasteiger partial charge in [0.2, 0.25) is 0 Å². The van der Waals surface area contributed by atoms with Gasteiger partial charge in [0, 0.05) is 0 Å². The Morgan fingerprint density at radius 1 is 0.667 bits per heavy atom. The van der Waals surface area contributed by atoms with Crippen LogP contribution in [0.1, 0.15) is 13.3 Å². The van der Waals surface area contributed by atoms with Crippen LogP contribution in [0.15, 0.2) is 91.0 Å². The van der Waals surface area contributed by atoms with Crippen LogP contribution in [0.2, 0.25) is 3.98 Å². The maximum atomic E-state index is 9.99. The van der Waals surface area contributed by atoms with Crippen molar-refractivity contribution in [1.29, 1.82) is 0 Å². The quantitative estimate of drug-likeness (QED) is 0.505. The van der Waals surface area contributed by atoms with Gasteiger partial charge in [0.05, 0.1) is 0 Å². The van der Waals surface area contributed by atoms with E-state index in [2.05, 4.69) is 91.0 Å². The third kappa shape index (κ3) is 3.62. The molecule has 1 atom stereocenters. The Bertz CT molecular complexity index is 642. The zero-order valence-corrected chi connectivity index (χ0v) is 18.0. The van der Waals surface area contributed by atoms with Gasteiger partial charge in [0.1, 0.15) is 0 Å². The van der Waals surface area contributed by atoms with Crippen LogP contribution >= 0.6 is 0 Å². The van der Waals surface area contributed by atoms with E-state index in [4.69, 9.17) is 0 Å². The van der Waals surface area contributed by atoms with Crippen LogP contribution in [0.4, 0.5) is 0 Å². The molecule has 0 aromatic heterocycles. The first-order valence-corrected chi connectivity index (χ1v) is 17.2. The maximum absolute atomic E-state index is 9.99. The first-order valence-electron chi connectivity index (χ1n) is 8.58. The van der Waals surface area contributed by atoms with E-state index in [-0.39, 0.29) is 6.10 Å². The van der Waals surface area contributed by atoms with Crippen molar-refractivity contribution >= 4 is 30.5 Å². The van der Waals surface area contributed by atoms with E-state index in [0.29, 0.717) is 0 Å². The summed E-state index contributed by atoms with van der Waals surface area (Å²) >= 11 is -3.29. The minimum atomic E-state index is -3.29.